The topological polar surface area (TPSA) is 46.4 Å². The predicted octanol–water partition coefficient (Wildman–Crippen LogP) is 4.52. The molecular weight excluding hydrogens is 356 g/mol. The third kappa shape index (κ3) is 3.21. The van der Waals surface area contributed by atoms with Crippen molar-refractivity contribution in [3.63, 3.8) is 0 Å². The number of halogens is 2. The van der Waals surface area contributed by atoms with Crippen molar-refractivity contribution >= 4 is 27.9 Å². The van der Waals surface area contributed by atoms with Gasteiger partial charge >= 0.3 is 0 Å². The molecule has 2 aromatic heterocycles. The Labute approximate surface area is 151 Å². The van der Waals surface area contributed by atoms with E-state index in [-0.39, 0.29) is 12.1 Å². The molecule has 0 saturated heterocycles. The summed E-state index contributed by atoms with van der Waals surface area (Å²) in [6, 6.07) is 12.7. The Balaban J connectivity index is 1.56. The van der Waals surface area contributed by atoms with Crippen LogP contribution in [0.5, 0.6) is 0 Å². The Morgan fingerprint density at radius 2 is 1.96 bits per heavy atom. The average molecular weight is 369 g/mol. The number of fused-ring (bicyclic) bond motifs is 1. The highest BCUT2D eigenvalue weighted by Crippen LogP contribution is 2.24. The number of aromatic nitrogens is 2. The van der Waals surface area contributed by atoms with E-state index in [1.165, 1.54) is 11.3 Å². The molecule has 0 radical (unpaired) electrons. The minimum atomic E-state index is -0.677. The number of nitrogens with one attached hydrogen (secondary N) is 1. The van der Waals surface area contributed by atoms with E-state index in [1.807, 2.05) is 46.3 Å². The molecule has 0 spiro atoms. The first-order valence-electron chi connectivity index (χ1n) is 7.86. The molecule has 0 bridgehead atoms. The molecule has 26 heavy (non-hydrogen) atoms. The number of hydrogen-bond acceptors (Lipinski definition) is 3. The maximum absolute atomic E-state index is 13.7. The van der Waals surface area contributed by atoms with E-state index in [9.17, 15) is 13.6 Å². The summed E-state index contributed by atoms with van der Waals surface area (Å²) in [5.41, 5.74) is 2.36. The second kappa shape index (κ2) is 6.68. The fourth-order valence-electron chi connectivity index (χ4n) is 2.66. The van der Waals surface area contributed by atoms with Crippen molar-refractivity contribution in [2.75, 3.05) is 5.32 Å². The smallest absolute Gasteiger partial charge is 0.230 e. The zero-order valence-corrected chi connectivity index (χ0v) is 14.3. The predicted molar refractivity (Wildman–Crippen MR) is 97.2 cm³/mol. The van der Waals surface area contributed by atoms with Gasteiger partial charge in [-0.05, 0) is 12.1 Å². The van der Waals surface area contributed by atoms with Crippen LogP contribution in [0.1, 0.15) is 5.69 Å². The van der Waals surface area contributed by atoms with Crippen LogP contribution in [0, 0.1) is 11.6 Å². The van der Waals surface area contributed by atoms with Gasteiger partial charge in [-0.15, -0.1) is 11.3 Å². The van der Waals surface area contributed by atoms with Crippen molar-refractivity contribution in [3.05, 3.63) is 77.4 Å². The number of carbonyl (C=O) groups is 1. The molecule has 2 aromatic carbocycles. The van der Waals surface area contributed by atoms with E-state index in [0.717, 1.165) is 40.1 Å². The average Bonchev–Trinajstić information content (AvgIpc) is 3.21. The molecule has 0 aliphatic carbocycles. The van der Waals surface area contributed by atoms with Gasteiger partial charge in [0.2, 0.25) is 5.91 Å². The molecule has 0 saturated carbocycles. The first-order valence-corrected chi connectivity index (χ1v) is 8.74. The summed E-state index contributed by atoms with van der Waals surface area (Å²) in [4.78, 5) is 17.6. The molecule has 0 aliphatic rings. The van der Waals surface area contributed by atoms with Crippen LogP contribution in [0.25, 0.3) is 16.2 Å². The fourth-order valence-corrected chi connectivity index (χ4v) is 3.53. The number of anilines is 1. The van der Waals surface area contributed by atoms with E-state index < -0.39 is 17.5 Å². The first kappa shape index (κ1) is 16.4. The normalized spacial score (nSPS) is 11.0. The van der Waals surface area contributed by atoms with Gasteiger partial charge in [0, 0.05) is 28.9 Å². The molecule has 4 rings (SSSR count). The van der Waals surface area contributed by atoms with E-state index >= 15 is 0 Å². The molecule has 1 N–H and O–H groups in total. The standard InChI is InChI=1S/C19H13F2N3OS/c20-13-6-7-15(21)16(8-13)22-18(25)9-14-11-26-19-23-17(10-24(14)19)12-4-2-1-3-5-12/h1-8,10-11H,9H2,(H,22,25). The number of hydrogen-bond donors (Lipinski definition) is 1. The van der Waals surface area contributed by atoms with Crippen molar-refractivity contribution in [2.45, 2.75) is 6.42 Å². The van der Waals surface area contributed by atoms with Crippen LogP contribution in [0.4, 0.5) is 14.5 Å². The number of nitrogens with zero attached hydrogens (tertiary/aromatic N) is 2. The van der Waals surface area contributed by atoms with Gasteiger partial charge in [-0.2, -0.15) is 0 Å². The lowest BCUT2D eigenvalue weighted by Gasteiger charge is -2.06. The lowest BCUT2D eigenvalue weighted by Crippen LogP contribution is -2.16. The summed E-state index contributed by atoms with van der Waals surface area (Å²) in [7, 11) is 0. The lowest BCUT2D eigenvalue weighted by atomic mass is 10.2. The third-order valence-electron chi connectivity index (χ3n) is 3.90. The van der Waals surface area contributed by atoms with Crippen LogP contribution < -0.4 is 5.32 Å². The molecule has 0 aliphatic heterocycles. The van der Waals surface area contributed by atoms with Gasteiger partial charge in [-0.25, -0.2) is 13.8 Å². The van der Waals surface area contributed by atoms with Crippen LogP contribution in [-0.4, -0.2) is 15.3 Å². The van der Waals surface area contributed by atoms with Gasteiger partial charge in [-0.3, -0.25) is 9.20 Å². The molecule has 7 heteroatoms. The Morgan fingerprint density at radius 1 is 1.15 bits per heavy atom. The summed E-state index contributed by atoms with van der Waals surface area (Å²) in [6.07, 6.45) is 1.90. The second-order valence-corrected chi connectivity index (χ2v) is 6.56. The van der Waals surface area contributed by atoms with E-state index in [0.29, 0.717) is 0 Å². The highest BCUT2D eigenvalue weighted by molar-refractivity contribution is 7.15. The van der Waals surface area contributed by atoms with Gasteiger partial charge in [0.1, 0.15) is 11.6 Å². The van der Waals surface area contributed by atoms with E-state index in [1.54, 1.807) is 0 Å². The molecule has 4 nitrogen and oxygen atoms in total. The molecular formula is C19H13F2N3OS. The van der Waals surface area contributed by atoms with Crippen LogP contribution in [0.2, 0.25) is 0 Å². The molecule has 130 valence electrons. The SMILES string of the molecule is O=C(Cc1csc2nc(-c3ccccc3)cn12)Nc1cc(F)ccc1F. The fraction of sp³-hybridized carbons (Fsp3) is 0.0526. The Kier molecular flexibility index (Phi) is 4.22. The maximum Gasteiger partial charge on any atom is 0.230 e. The highest BCUT2D eigenvalue weighted by atomic mass is 32.1. The molecule has 2 heterocycles. The Hall–Kier alpha value is -3.06. The Morgan fingerprint density at radius 3 is 2.77 bits per heavy atom. The summed E-state index contributed by atoms with van der Waals surface area (Å²) < 4.78 is 28.7. The third-order valence-corrected chi connectivity index (χ3v) is 4.79. The van der Waals surface area contributed by atoms with Gasteiger partial charge in [0.15, 0.2) is 4.96 Å². The van der Waals surface area contributed by atoms with Crippen molar-refractivity contribution in [3.8, 4) is 11.3 Å². The molecule has 0 atom stereocenters. The number of rotatable bonds is 4. The maximum atomic E-state index is 13.7. The lowest BCUT2D eigenvalue weighted by molar-refractivity contribution is -0.115. The summed E-state index contributed by atoms with van der Waals surface area (Å²) >= 11 is 1.42. The van der Waals surface area contributed by atoms with E-state index in [2.05, 4.69) is 10.3 Å². The number of imidazole rings is 1. The van der Waals surface area contributed by atoms with Gasteiger partial charge < -0.3 is 5.32 Å². The van der Waals surface area contributed by atoms with Gasteiger partial charge in [0.25, 0.3) is 0 Å². The first-order chi connectivity index (χ1) is 12.6. The summed E-state index contributed by atoms with van der Waals surface area (Å²) in [5.74, 6) is -1.71. The highest BCUT2D eigenvalue weighted by Gasteiger charge is 2.14. The summed E-state index contributed by atoms with van der Waals surface area (Å²) in [5, 5.41) is 4.24. The molecule has 0 unspecified atom stereocenters. The van der Waals surface area contributed by atoms with Gasteiger partial charge in [0.05, 0.1) is 17.8 Å². The van der Waals surface area contributed by atoms with Crippen molar-refractivity contribution in [2.24, 2.45) is 0 Å². The van der Waals surface area contributed by atoms with Crippen LogP contribution in [0.3, 0.4) is 0 Å². The van der Waals surface area contributed by atoms with Crippen LogP contribution in [0.15, 0.2) is 60.1 Å². The van der Waals surface area contributed by atoms with Crippen LogP contribution >= 0.6 is 11.3 Å². The molecule has 1 amide bonds. The molecule has 0 fully saturated rings. The minimum Gasteiger partial charge on any atom is -0.323 e. The molecule has 4 aromatic rings. The number of benzene rings is 2. The van der Waals surface area contributed by atoms with Gasteiger partial charge in [-0.1, -0.05) is 30.3 Å². The number of amides is 1. The van der Waals surface area contributed by atoms with E-state index in [4.69, 9.17) is 0 Å². The largest absolute Gasteiger partial charge is 0.323 e. The zero-order valence-electron chi connectivity index (χ0n) is 13.4. The quantitative estimate of drug-likeness (QED) is 0.575. The van der Waals surface area contributed by atoms with Crippen molar-refractivity contribution in [1.29, 1.82) is 0 Å². The Bertz CT molecular complexity index is 1090. The van der Waals surface area contributed by atoms with Crippen LogP contribution in [-0.2, 0) is 11.2 Å². The van der Waals surface area contributed by atoms with Crippen molar-refractivity contribution < 1.29 is 13.6 Å². The summed E-state index contributed by atoms with van der Waals surface area (Å²) in [6.45, 7) is 0. The minimum absolute atomic E-state index is 0.0283. The monoisotopic (exact) mass is 369 g/mol. The van der Waals surface area contributed by atoms with Crippen molar-refractivity contribution in [1.82, 2.24) is 9.38 Å². The number of carbonyl (C=O) groups excluding carboxylic acids is 1. The second-order valence-electron chi connectivity index (χ2n) is 5.72. The zero-order chi connectivity index (χ0) is 18.1. The number of thiazole rings is 1.